The van der Waals surface area contributed by atoms with Crippen molar-refractivity contribution in [3.05, 3.63) is 72.9 Å². The molecule has 1 rings (SSSR count). The van der Waals surface area contributed by atoms with Gasteiger partial charge in [0.2, 0.25) is 0 Å². The van der Waals surface area contributed by atoms with Gasteiger partial charge in [0.1, 0.15) is 42.7 Å². The summed E-state index contributed by atoms with van der Waals surface area (Å²) in [5, 5.41) is 50.3. The molecule has 0 aromatic heterocycles. The molecular formula is C54H95O12P. The monoisotopic (exact) mass is 967 g/mol. The van der Waals surface area contributed by atoms with Crippen LogP contribution in [0.15, 0.2) is 72.9 Å². The molecule has 0 bridgehead atoms. The zero-order valence-corrected chi connectivity index (χ0v) is 42.6. The fraction of sp³-hybridized carbons (Fsp3) is 0.759. The maximum absolute atomic E-state index is 12.9. The zero-order chi connectivity index (χ0) is 49.1. The summed E-state index contributed by atoms with van der Waals surface area (Å²) in [6.07, 6.45) is 45.3. The van der Waals surface area contributed by atoms with Crippen molar-refractivity contribution >= 4 is 13.8 Å². The Labute approximate surface area is 406 Å². The third kappa shape index (κ3) is 35.5. The number of rotatable bonds is 44. The minimum absolute atomic E-state index is 0.0872. The summed E-state index contributed by atoms with van der Waals surface area (Å²) in [6, 6.07) is 0. The Balaban J connectivity index is 2.35. The summed E-state index contributed by atoms with van der Waals surface area (Å²) in [5.41, 5.74) is 0. The van der Waals surface area contributed by atoms with Crippen LogP contribution in [0.5, 0.6) is 0 Å². The van der Waals surface area contributed by atoms with Crippen LogP contribution < -0.4 is 0 Å². The molecular weight excluding hydrogens is 872 g/mol. The van der Waals surface area contributed by atoms with Crippen molar-refractivity contribution in [1.82, 2.24) is 0 Å². The number of carbonyl (C=O) groups excluding carboxylic acids is 1. The average Bonchev–Trinajstić information content (AvgIpc) is 3.31. The van der Waals surface area contributed by atoms with Crippen molar-refractivity contribution in [2.75, 3.05) is 19.8 Å². The number of phosphoric acid groups is 1. The number of carbonyl (C=O) groups is 1. The number of aliphatic hydroxyl groups excluding tert-OH is 5. The highest BCUT2D eigenvalue weighted by molar-refractivity contribution is 7.47. The second-order valence-corrected chi connectivity index (χ2v) is 19.4. The number of esters is 1. The Morgan fingerprint density at radius 3 is 1.34 bits per heavy atom. The second kappa shape index (κ2) is 43.8. The molecule has 0 heterocycles. The lowest BCUT2D eigenvalue weighted by atomic mass is 9.85. The summed E-state index contributed by atoms with van der Waals surface area (Å²) in [6.45, 7) is 4.12. The van der Waals surface area contributed by atoms with Gasteiger partial charge >= 0.3 is 13.8 Å². The molecule has 6 N–H and O–H groups in total. The summed E-state index contributed by atoms with van der Waals surface area (Å²) < 4.78 is 34.3. The van der Waals surface area contributed by atoms with Crippen molar-refractivity contribution in [3.8, 4) is 0 Å². The Morgan fingerprint density at radius 1 is 0.493 bits per heavy atom. The number of unbranched alkanes of at least 4 members (excludes halogenated alkanes) is 20. The van der Waals surface area contributed by atoms with E-state index in [1.165, 1.54) is 77.0 Å². The number of aliphatic hydroxyl groups is 5. The molecule has 0 aliphatic heterocycles. The predicted octanol–water partition coefficient (Wildman–Crippen LogP) is 11.9. The van der Waals surface area contributed by atoms with Gasteiger partial charge in [-0.05, 0) is 83.5 Å². The Kier molecular flexibility index (Phi) is 41.0. The molecule has 6 atom stereocenters. The van der Waals surface area contributed by atoms with E-state index in [4.69, 9.17) is 18.5 Å². The van der Waals surface area contributed by atoms with Crippen LogP contribution in [0, 0.1) is 0 Å². The van der Waals surface area contributed by atoms with Crippen molar-refractivity contribution in [2.45, 2.75) is 243 Å². The molecule has 6 unspecified atom stereocenters. The van der Waals surface area contributed by atoms with Crippen LogP contribution in [0.1, 0.15) is 200 Å². The van der Waals surface area contributed by atoms with Crippen LogP contribution >= 0.6 is 7.82 Å². The highest BCUT2D eigenvalue weighted by Gasteiger charge is 2.51. The van der Waals surface area contributed by atoms with Crippen LogP contribution in [0.25, 0.3) is 0 Å². The van der Waals surface area contributed by atoms with E-state index >= 15 is 0 Å². The number of hydrogen-bond donors (Lipinski definition) is 6. The lowest BCUT2D eigenvalue weighted by Crippen LogP contribution is -2.64. The van der Waals surface area contributed by atoms with E-state index < -0.39 is 63.1 Å². The maximum Gasteiger partial charge on any atom is 0.472 e. The minimum atomic E-state index is -5.03. The summed E-state index contributed by atoms with van der Waals surface area (Å²) in [4.78, 5) is 23.3. The first-order valence-electron chi connectivity index (χ1n) is 26.3. The molecule has 0 amide bonds. The summed E-state index contributed by atoms with van der Waals surface area (Å²) in [5.74, 6) is -0.489. The fourth-order valence-corrected chi connectivity index (χ4v) is 8.64. The molecule has 0 spiro atoms. The van der Waals surface area contributed by atoms with E-state index in [2.05, 4.69) is 86.8 Å². The highest BCUT2D eigenvalue weighted by Crippen LogP contribution is 2.47. The van der Waals surface area contributed by atoms with Gasteiger partial charge in [0.05, 0.1) is 13.2 Å². The van der Waals surface area contributed by atoms with E-state index in [1.807, 2.05) is 0 Å². The van der Waals surface area contributed by atoms with Gasteiger partial charge in [-0.15, -0.1) is 0 Å². The second-order valence-electron chi connectivity index (χ2n) is 18.0. The van der Waals surface area contributed by atoms with Gasteiger partial charge in [-0.1, -0.05) is 183 Å². The van der Waals surface area contributed by atoms with Gasteiger partial charge in [-0.25, -0.2) is 4.57 Å². The first-order valence-corrected chi connectivity index (χ1v) is 27.8. The standard InChI is InChI=1S/C54H95O12P/c1-3-5-7-9-11-13-15-17-19-21-23-24-25-27-29-31-33-35-37-39-41-43-48(55)65-47(46-64-67(61,62)66-54-52(59)50(57)49(56)51(58)53(54)60)45-63-44-42-40-38-36-34-32-30-28-26-22-20-18-16-14-12-10-8-6-4-2/h5,7,11,13-14,16-17,19-20,22-24,47,49-54,56-60H,3-4,6,8-10,12,15,18,21,25-46H2,1-2H3,(H,61,62)/b7-5-,13-11-,16-14-,19-17-,22-20-,24-23-. The molecule has 12 nitrogen and oxygen atoms in total. The van der Waals surface area contributed by atoms with Gasteiger partial charge in [0.25, 0.3) is 0 Å². The molecule has 1 aliphatic rings. The van der Waals surface area contributed by atoms with Gasteiger partial charge in [0.15, 0.2) is 0 Å². The first kappa shape index (κ1) is 62.8. The molecule has 0 aromatic carbocycles. The summed E-state index contributed by atoms with van der Waals surface area (Å²) in [7, 11) is -5.03. The fourth-order valence-electron chi connectivity index (χ4n) is 7.67. The van der Waals surface area contributed by atoms with Gasteiger partial charge in [-0.2, -0.15) is 0 Å². The quantitative estimate of drug-likeness (QED) is 0.0147. The van der Waals surface area contributed by atoms with Crippen LogP contribution in [0.3, 0.4) is 0 Å². The SMILES string of the molecule is CC/C=C\C/C=C\C/C=C\C/C=C\CCCCCCCCCCC(=O)OC(COCCCCCCCCCC/C=C\C/C=C\CCCCCC)COP(=O)(O)OC1C(O)C(O)C(O)C(O)C1O. The molecule has 13 heteroatoms. The van der Waals surface area contributed by atoms with Crippen LogP contribution in [-0.4, -0.2) is 98.9 Å². The average molecular weight is 967 g/mol. The Hall–Kier alpha value is -2.22. The predicted molar refractivity (Wildman–Crippen MR) is 271 cm³/mol. The highest BCUT2D eigenvalue weighted by atomic mass is 31.2. The molecule has 1 aliphatic carbocycles. The normalized spacial score (nSPS) is 21.9. The third-order valence-corrected chi connectivity index (χ3v) is 12.8. The Bertz CT molecular complexity index is 1380. The first-order chi connectivity index (χ1) is 32.5. The third-order valence-electron chi connectivity index (χ3n) is 11.8. The van der Waals surface area contributed by atoms with Crippen molar-refractivity contribution < 1.29 is 58.3 Å². The molecule has 1 saturated carbocycles. The molecule has 0 saturated heterocycles. The van der Waals surface area contributed by atoms with Crippen LogP contribution in [0.4, 0.5) is 0 Å². The van der Waals surface area contributed by atoms with Gasteiger partial charge < -0.3 is 39.9 Å². The van der Waals surface area contributed by atoms with E-state index in [0.29, 0.717) is 13.0 Å². The smallest absolute Gasteiger partial charge is 0.457 e. The van der Waals surface area contributed by atoms with Gasteiger partial charge in [0, 0.05) is 13.0 Å². The molecule has 0 radical (unpaired) electrons. The van der Waals surface area contributed by atoms with Crippen LogP contribution in [-0.2, 0) is 27.9 Å². The molecule has 1 fully saturated rings. The maximum atomic E-state index is 12.9. The largest absolute Gasteiger partial charge is 0.472 e. The van der Waals surface area contributed by atoms with Crippen LogP contribution in [0.2, 0.25) is 0 Å². The minimum Gasteiger partial charge on any atom is -0.457 e. The van der Waals surface area contributed by atoms with E-state index in [1.54, 1.807) is 0 Å². The van der Waals surface area contributed by atoms with Crippen molar-refractivity contribution in [3.63, 3.8) is 0 Å². The number of hydrogen-bond acceptors (Lipinski definition) is 11. The summed E-state index contributed by atoms with van der Waals surface area (Å²) >= 11 is 0. The van der Waals surface area contributed by atoms with E-state index in [0.717, 1.165) is 96.3 Å². The number of allylic oxidation sites excluding steroid dienone is 12. The van der Waals surface area contributed by atoms with E-state index in [-0.39, 0.29) is 13.0 Å². The zero-order valence-electron chi connectivity index (χ0n) is 41.7. The topological polar surface area (TPSA) is 192 Å². The van der Waals surface area contributed by atoms with Gasteiger partial charge in [-0.3, -0.25) is 13.8 Å². The van der Waals surface area contributed by atoms with Crippen molar-refractivity contribution in [1.29, 1.82) is 0 Å². The van der Waals surface area contributed by atoms with Crippen molar-refractivity contribution in [2.24, 2.45) is 0 Å². The molecule has 67 heavy (non-hydrogen) atoms. The lowest BCUT2D eigenvalue weighted by Gasteiger charge is -2.41. The molecule has 0 aromatic rings. The number of ether oxygens (including phenoxy) is 2. The Morgan fingerprint density at radius 2 is 0.881 bits per heavy atom. The van der Waals surface area contributed by atoms with E-state index in [9.17, 15) is 39.8 Å². The molecule has 388 valence electrons. The number of phosphoric ester groups is 1. The lowest BCUT2D eigenvalue weighted by molar-refractivity contribution is -0.220.